The van der Waals surface area contributed by atoms with Crippen molar-refractivity contribution in [2.24, 2.45) is 5.73 Å². The summed E-state index contributed by atoms with van der Waals surface area (Å²) in [5.74, 6) is 0. The quantitative estimate of drug-likeness (QED) is 0.851. The average Bonchev–Trinajstić information content (AvgIpc) is 2.28. The minimum Gasteiger partial charge on any atom is -0.324 e. The third-order valence-electron chi connectivity index (χ3n) is 2.88. The van der Waals surface area contributed by atoms with Crippen molar-refractivity contribution in [3.63, 3.8) is 0 Å². The number of aryl methyl sites for hydroxylation is 1. The van der Waals surface area contributed by atoms with Crippen molar-refractivity contribution in [2.45, 2.75) is 32.7 Å². The number of hydrogen-bond donors (Lipinski definition) is 1. The molecule has 1 heterocycles. The number of nitrogens with zero attached hydrogens (tertiary/aromatic N) is 1. The molecule has 0 amide bonds. The molecule has 0 aliphatic heterocycles. The van der Waals surface area contributed by atoms with Gasteiger partial charge in [-0.3, -0.25) is 4.98 Å². The number of para-hydroxylation sites is 1. The number of fused-ring (bicyclic) bond motifs is 1. The standard InChI is InChI=1S/C14H18N2/c1-3-6-13(15)12-9-10(2)16-14-8-5-4-7-11(12)14/h4-5,7-9,13H,3,6,15H2,1-2H3. The predicted molar refractivity (Wildman–Crippen MR) is 68.3 cm³/mol. The van der Waals surface area contributed by atoms with Crippen LogP contribution in [0.25, 0.3) is 10.9 Å². The SMILES string of the molecule is CCCC(N)c1cc(C)nc2ccccc12. The summed E-state index contributed by atoms with van der Waals surface area (Å²) in [5.41, 5.74) is 9.53. The second-order valence-corrected chi connectivity index (χ2v) is 4.27. The second kappa shape index (κ2) is 4.62. The third kappa shape index (κ3) is 2.07. The van der Waals surface area contributed by atoms with E-state index in [-0.39, 0.29) is 6.04 Å². The molecular weight excluding hydrogens is 196 g/mol. The normalized spacial score (nSPS) is 12.9. The van der Waals surface area contributed by atoms with Gasteiger partial charge in [0, 0.05) is 17.1 Å². The Bertz CT molecular complexity index is 491. The van der Waals surface area contributed by atoms with Crippen molar-refractivity contribution in [3.8, 4) is 0 Å². The van der Waals surface area contributed by atoms with Crippen LogP contribution in [-0.2, 0) is 0 Å². The van der Waals surface area contributed by atoms with Crippen molar-refractivity contribution in [2.75, 3.05) is 0 Å². The summed E-state index contributed by atoms with van der Waals surface area (Å²) in [6.07, 6.45) is 2.13. The van der Waals surface area contributed by atoms with Crippen molar-refractivity contribution in [1.82, 2.24) is 4.98 Å². The molecule has 0 bridgehead atoms. The maximum atomic E-state index is 6.21. The van der Waals surface area contributed by atoms with E-state index in [0.29, 0.717) is 0 Å². The minimum absolute atomic E-state index is 0.122. The smallest absolute Gasteiger partial charge is 0.0708 e. The minimum atomic E-state index is 0.122. The molecule has 1 aromatic heterocycles. The molecule has 1 aromatic carbocycles. The first kappa shape index (κ1) is 11.1. The van der Waals surface area contributed by atoms with Gasteiger partial charge in [-0.05, 0) is 31.0 Å². The Kier molecular flexibility index (Phi) is 3.20. The second-order valence-electron chi connectivity index (χ2n) is 4.27. The van der Waals surface area contributed by atoms with Crippen molar-refractivity contribution < 1.29 is 0 Å². The number of benzene rings is 1. The summed E-state index contributed by atoms with van der Waals surface area (Å²) in [4.78, 5) is 4.52. The predicted octanol–water partition coefficient (Wildman–Crippen LogP) is 3.34. The van der Waals surface area contributed by atoms with Crippen LogP contribution in [0.15, 0.2) is 30.3 Å². The van der Waals surface area contributed by atoms with Gasteiger partial charge >= 0.3 is 0 Å². The molecule has 84 valence electrons. The van der Waals surface area contributed by atoms with Gasteiger partial charge in [0.25, 0.3) is 0 Å². The van der Waals surface area contributed by atoms with Crippen LogP contribution in [0.2, 0.25) is 0 Å². The van der Waals surface area contributed by atoms with Gasteiger partial charge in [0.15, 0.2) is 0 Å². The van der Waals surface area contributed by atoms with Gasteiger partial charge in [-0.25, -0.2) is 0 Å². The van der Waals surface area contributed by atoms with Crippen LogP contribution in [0.4, 0.5) is 0 Å². The maximum absolute atomic E-state index is 6.21. The van der Waals surface area contributed by atoms with Gasteiger partial charge in [-0.2, -0.15) is 0 Å². The largest absolute Gasteiger partial charge is 0.324 e. The zero-order valence-electron chi connectivity index (χ0n) is 9.90. The van der Waals surface area contributed by atoms with E-state index < -0.39 is 0 Å². The van der Waals surface area contributed by atoms with Crippen molar-refractivity contribution in [3.05, 3.63) is 41.6 Å². The van der Waals surface area contributed by atoms with Gasteiger partial charge in [0.1, 0.15) is 0 Å². The lowest BCUT2D eigenvalue weighted by Crippen LogP contribution is -2.11. The lowest BCUT2D eigenvalue weighted by molar-refractivity contribution is 0.641. The summed E-state index contributed by atoms with van der Waals surface area (Å²) < 4.78 is 0. The van der Waals surface area contributed by atoms with E-state index in [0.717, 1.165) is 24.1 Å². The summed E-state index contributed by atoms with van der Waals surface area (Å²) in [6.45, 7) is 4.19. The fourth-order valence-corrected chi connectivity index (χ4v) is 2.11. The van der Waals surface area contributed by atoms with Crippen LogP contribution in [0.1, 0.15) is 37.1 Å². The third-order valence-corrected chi connectivity index (χ3v) is 2.88. The maximum Gasteiger partial charge on any atom is 0.0708 e. The highest BCUT2D eigenvalue weighted by Crippen LogP contribution is 2.25. The lowest BCUT2D eigenvalue weighted by atomic mass is 9.98. The highest BCUT2D eigenvalue weighted by molar-refractivity contribution is 5.82. The molecule has 1 unspecified atom stereocenters. The zero-order chi connectivity index (χ0) is 11.5. The number of pyridine rings is 1. The summed E-state index contributed by atoms with van der Waals surface area (Å²) >= 11 is 0. The van der Waals surface area contributed by atoms with E-state index >= 15 is 0 Å². The van der Waals surface area contributed by atoms with Crippen LogP contribution in [0.5, 0.6) is 0 Å². The molecule has 1 atom stereocenters. The Balaban J connectivity index is 2.58. The molecule has 2 rings (SSSR count). The molecule has 0 aliphatic rings. The van der Waals surface area contributed by atoms with E-state index in [1.165, 1.54) is 10.9 Å². The van der Waals surface area contributed by atoms with Crippen LogP contribution in [0.3, 0.4) is 0 Å². The first-order chi connectivity index (χ1) is 7.72. The van der Waals surface area contributed by atoms with Crippen LogP contribution in [-0.4, -0.2) is 4.98 Å². The molecular formula is C14H18N2. The molecule has 0 saturated carbocycles. The molecule has 2 nitrogen and oxygen atoms in total. The molecule has 0 spiro atoms. The first-order valence-corrected chi connectivity index (χ1v) is 5.84. The van der Waals surface area contributed by atoms with Crippen LogP contribution in [0, 0.1) is 6.92 Å². The monoisotopic (exact) mass is 214 g/mol. The Labute approximate surface area is 96.5 Å². The summed E-state index contributed by atoms with van der Waals surface area (Å²) in [6, 6.07) is 10.4. The fraction of sp³-hybridized carbons (Fsp3) is 0.357. The fourth-order valence-electron chi connectivity index (χ4n) is 2.11. The highest BCUT2D eigenvalue weighted by Gasteiger charge is 2.10. The molecule has 0 saturated heterocycles. The summed E-state index contributed by atoms with van der Waals surface area (Å²) in [7, 11) is 0. The first-order valence-electron chi connectivity index (χ1n) is 5.84. The number of hydrogen-bond acceptors (Lipinski definition) is 2. The molecule has 2 N–H and O–H groups in total. The van der Waals surface area contributed by atoms with Gasteiger partial charge in [0.05, 0.1) is 5.52 Å². The molecule has 0 radical (unpaired) electrons. The van der Waals surface area contributed by atoms with E-state index in [1.807, 2.05) is 25.1 Å². The Morgan fingerprint density at radius 2 is 2.06 bits per heavy atom. The van der Waals surface area contributed by atoms with E-state index in [1.54, 1.807) is 0 Å². The van der Waals surface area contributed by atoms with Gasteiger partial charge in [0.2, 0.25) is 0 Å². The van der Waals surface area contributed by atoms with E-state index in [2.05, 4.69) is 24.0 Å². The Hall–Kier alpha value is -1.41. The molecule has 2 aromatic rings. The molecule has 0 fully saturated rings. The van der Waals surface area contributed by atoms with Crippen molar-refractivity contribution in [1.29, 1.82) is 0 Å². The summed E-state index contributed by atoms with van der Waals surface area (Å²) in [5, 5.41) is 1.19. The van der Waals surface area contributed by atoms with Gasteiger partial charge < -0.3 is 5.73 Å². The topological polar surface area (TPSA) is 38.9 Å². The molecule has 2 heteroatoms. The number of aromatic nitrogens is 1. The number of rotatable bonds is 3. The highest BCUT2D eigenvalue weighted by atomic mass is 14.7. The average molecular weight is 214 g/mol. The Morgan fingerprint density at radius 3 is 2.81 bits per heavy atom. The van der Waals surface area contributed by atoms with Crippen LogP contribution < -0.4 is 5.73 Å². The zero-order valence-corrected chi connectivity index (χ0v) is 9.90. The van der Waals surface area contributed by atoms with Crippen molar-refractivity contribution >= 4 is 10.9 Å². The number of nitrogens with two attached hydrogens (primary N) is 1. The van der Waals surface area contributed by atoms with E-state index in [9.17, 15) is 0 Å². The van der Waals surface area contributed by atoms with Gasteiger partial charge in [-0.15, -0.1) is 0 Å². The molecule has 0 aliphatic carbocycles. The van der Waals surface area contributed by atoms with Crippen LogP contribution >= 0.6 is 0 Å². The van der Waals surface area contributed by atoms with Gasteiger partial charge in [-0.1, -0.05) is 31.5 Å². The molecule has 16 heavy (non-hydrogen) atoms. The lowest BCUT2D eigenvalue weighted by Gasteiger charge is -2.14. The van der Waals surface area contributed by atoms with E-state index in [4.69, 9.17) is 5.73 Å². The Morgan fingerprint density at radius 1 is 1.31 bits per heavy atom.